The van der Waals surface area contributed by atoms with Crippen LogP contribution in [0.3, 0.4) is 0 Å². The molecule has 7 rings (SSSR count). The topological polar surface area (TPSA) is 95.3 Å². The number of rotatable bonds is 7. The highest BCUT2D eigenvalue weighted by molar-refractivity contribution is 7.22. The Morgan fingerprint density at radius 3 is 2.63 bits per heavy atom. The Morgan fingerprint density at radius 1 is 1.16 bits per heavy atom. The predicted molar refractivity (Wildman–Crippen MR) is 169 cm³/mol. The maximum absolute atomic E-state index is 12.6. The molecule has 2 aliphatic rings. The number of thiazole rings is 1. The highest BCUT2D eigenvalue weighted by Crippen LogP contribution is 2.41. The zero-order valence-corrected chi connectivity index (χ0v) is 26.0. The molecular weight excluding hydrogens is 584 g/mol. The van der Waals surface area contributed by atoms with Gasteiger partial charge in [-0.1, -0.05) is 23.7 Å². The molecule has 0 saturated carbocycles. The van der Waals surface area contributed by atoms with Crippen LogP contribution in [0.5, 0.6) is 0 Å². The highest BCUT2D eigenvalue weighted by atomic mass is 35.5. The fourth-order valence-corrected chi connectivity index (χ4v) is 7.47. The summed E-state index contributed by atoms with van der Waals surface area (Å²) >= 11 is 7.80. The average Bonchev–Trinajstić information content (AvgIpc) is 3.54. The van der Waals surface area contributed by atoms with Crippen molar-refractivity contribution < 1.29 is 14.3 Å². The zero-order valence-electron chi connectivity index (χ0n) is 24.5. The van der Waals surface area contributed by atoms with Crippen LogP contribution in [0.15, 0.2) is 36.5 Å². The van der Waals surface area contributed by atoms with E-state index in [1.54, 1.807) is 17.5 Å². The molecule has 11 heteroatoms. The number of benzene rings is 2. The summed E-state index contributed by atoms with van der Waals surface area (Å²) in [4.78, 5) is 30.1. The first-order valence-corrected chi connectivity index (χ1v) is 16.0. The molecule has 3 aromatic heterocycles. The van der Waals surface area contributed by atoms with Gasteiger partial charge in [-0.05, 0) is 74.7 Å². The number of aromatic nitrogens is 5. The Morgan fingerprint density at radius 2 is 1.93 bits per heavy atom. The second kappa shape index (κ2) is 11.6. The van der Waals surface area contributed by atoms with Crippen molar-refractivity contribution >= 4 is 50.3 Å². The number of carbonyl (C=O) groups is 1. The fraction of sp³-hybridized carbons (Fsp3) is 0.406. The molecule has 2 fully saturated rings. The van der Waals surface area contributed by atoms with Gasteiger partial charge in [-0.25, -0.2) is 19.6 Å². The van der Waals surface area contributed by atoms with Crippen LogP contribution < -0.4 is 0 Å². The minimum atomic E-state index is -0.253. The third-order valence-corrected chi connectivity index (χ3v) is 9.97. The summed E-state index contributed by atoms with van der Waals surface area (Å²) in [7, 11) is 1.94. The van der Waals surface area contributed by atoms with Gasteiger partial charge in [0.15, 0.2) is 5.65 Å². The van der Waals surface area contributed by atoms with Gasteiger partial charge in [-0.3, -0.25) is 9.69 Å². The van der Waals surface area contributed by atoms with Crippen molar-refractivity contribution in [2.45, 2.75) is 45.1 Å². The second-order valence-corrected chi connectivity index (χ2v) is 12.8. The van der Waals surface area contributed by atoms with E-state index in [1.165, 1.54) is 0 Å². The first kappa shape index (κ1) is 28.3. The standard InChI is InChI=1S/C32H33ClN6O3S/c1-4-42-26(40)14-23-18(2)13-24-30(27(23)19-5-7-21(33)8-6-19)43-32(36-24)25-15-34-31-29(35-25)28(37-38(31)3)20-9-11-39(12-10-20)22-16-41-17-22/h5-8,13,15,20,22H,4,9-12,14,16-17H2,1-3H3. The predicted octanol–water partition coefficient (Wildman–Crippen LogP) is 5.95. The molecule has 5 aromatic rings. The normalized spacial score (nSPS) is 16.7. The number of fused-ring (bicyclic) bond motifs is 2. The number of hydrogen-bond acceptors (Lipinski definition) is 9. The molecule has 0 amide bonds. The Kier molecular flexibility index (Phi) is 7.63. The number of aryl methyl sites for hydroxylation is 2. The molecule has 0 N–H and O–H groups in total. The maximum atomic E-state index is 12.6. The number of carbonyl (C=O) groups excluding carboxylic acids is 1. The molecular formula is C32H33ClN6O3S. The summed E-state index contributed by atoms with van der Waals surface area (Å²) in [6, 6.07) is 10.3. The lowest BCUT2D eigenvalue weighted by atomic mass is 9.92. The van der Waals surface area contributed by atoms with Gasteiger partial charge < -0.3 is 9.47 Å². The average molecular weight is 617 g/mol. The smallest absolute Gasteiger partial charge is 0.310 e. The van der Waals surface area contributed by atoms with Gasteiger partial charge in [-0.15, -0.1) is 11.3 Å². The van der Waals surface area contributed by atoms with Crippen molar-refractivity contribution in [3.05, 3.63) is 58.4 Å². The van der Waals surface area contributed by atoms with Gasteiger partial charge in [0.05, 0.1) is 54.4 Å². The fourth-order valence-electron chi connectivity index (χ4n) is 6.25. The van der Waals surface area contributed by atoms with Gasteiger partial charge in [0.2, 0.25) is 0 Å². The van der Waals surface area contributed by atoms with Gasteiger partial charge >= 0.3 is 5.97 Å². The molecule has 0 spiro atoms. The minimum absolute atomic E-state index is 0.179. The van der Waals surface area contributed by atoms with E-state index in [9.17, 15) is 4.79 Å². The molecule has 2 aliphatic heterocycles. The number of piperidine rings is 1. The lowest BCUT2D eigenvalue weighted by Gasteiger charge is -2.41. The van der Waals surface area contributed by atoms with E-state index >= 15 is 0 Å². The van der Waals surface area contributed by atoms with Crippen molar-refractivity contribution in [1.29, 1.82) is 0 Å². The second-order valence-electron chi connectivity index (χ2n) is 11.3. The lowest BCUT2D eigenvalue weighted by molar-refractivity contribution is -0.142. The van der Waals surface area contributed by atoms with Gasteiger partial charge in [-0.2, -0.15) is 5.10 Å². The van der Waals surface area contributed by atoms with Crippen LogP contribution >= 0.6 is 22.9 Å². The Bertz CT molecular complexity index is 1820. The zero-order chi connectivity index (χ0) is 29.7. The van der Waals surface area contributed by atoms with E-state index in [1.807, 2.05) is 55.9 Å². The van der Waals surface area contributed by atoms with Crippen LogP contribution in [0.1, 0.15) is 42.5 Å². The van der Waals surface area contributed by atoms with Crippen LogP contribution in [-0.2, 0) is 27.7 Å². The summed E-state index contributed by atoms with van der Waals surface area (Å²) < 4.78 is 13.6. The van der Waals surface area contributed by atoms with Crippen molar-refractivity contribution in [3.8, 4) is 21.8 Å². The first-order valence-electron chi connectivity index (χ1n) is 14.8. The number of halogens is 1. The summed E-state index contributed by atoms with van der Waals surface area (Å²) in [6.07, 6.45) is 4.06. The third kappa shape index (κ3) is 5.31. The van der Waals surface area contributed by atoms with E-state index in [-0.39, 0.29) is 12.4 Å². The minimum Gasteiger partial charge on any atom is -0.466 e. The van der Waals surface area contributed by atoms with E-state index in [0.717, 1.165) is 99.2 Å². The molecule has 0 unspecified atom stereocenters. The Labute approximate surface area is 258 Å². The summed E-state index contributed by atoms with van der Waals surface area (Å²) in [6.45, 7) is 7.96. The number of esters is 1. The van der Waals surface area contributed by atoms with Crippen LogP contribution in [0.25, 0.3) is 43.2 Å². The molecule has 0 bridgehead atoms. The molecule has 0 atom stereocenters. The summed E-state index contributed by atoms with van der Waals surface area (Å²) in [5, 5.41) is 6.33. The number of nitrogens with zero attached hydrogens (tertiary/aromatic N) is 6. The lowest BCUT2D eigenvalue weighted by Crippen LogP contribution is -2.51. The molecule has 9 nitrogen and oxygen atoms in total. The Hall–Kier alpha value is -3.44. The summed E-state index contributed by atoms with van der Waals surface area (Å²) in [5.74, 6) is 0.0858. The van der Waals surface area contributed by atoms with E-state index in [0.29, 0.717) is 23.6 Å². The van der Waals surface area contributed by atoms with Gasteiger partial charge in [0, 0.05) is 23.6 Å². The maximum Gasteiger partial charge on any atom is 0.310 e. The monoisotopic (exact) mass is 616 g/mol. The van der Waals surface area contributed by atoms with Gasteiger partial charge in [0.25, 0.3) is 0 Å². The third-order valence-electron chi connectivity index (χ3n) is 8.60. The number of ether oxygens (including phenoxy) is 2. The van der Waals surface area contributed by atoms with Crippen molar-refractivity contribution in [3.63, 3.8) is 0 Å². The van der Waals surface area contributed by atoms with Gasteiger partial charge in [0.1, 0.15) is 16.2 Å². The van der Waals surface area contributed by atoms with Crippen LogP contribution in [0, 0.1) is 6.92 Å². The number of likely N-dealkylation sites (tertiary alicyclic amines) is 1. The summed E-state index contributed by atoms with van der Waals surface area (Å²) in [5.41, 5.74) is 8.09. The largest absolute Gasteiger partial charge is 0.466 e. The highest BCUT2D eigenvalue weighted by Gasteiger charge is 2.32. The van der Waals surface area contributed by atoms with Crippen LogP contribution in [-0.4, -0.2) is 74.6 Å². The SMILES string of the molecule is CCOC(=O)Cc1c(C)cc2nc(-c3cnc4c(n3)c(C3CCN(C5COC5)CC3)nn4C)sc2c1-c1ccc(Cl)cc1. The quantitative estimate of drug-likeness (QED) is 0.207. The van der Waals surface area contributed by atoms with E-state index in [2.05, 4.69) is 4.90 Å². The van der Waals surface area contributed by atoms with Crippen molar-refractivity contribution in [2.75, 3.05) is 32.9 Å². The molecule has 5 heterocycles. The van der Waals surface area contributed by atoms with Crippen LogP contribution in [0.2, 0.25) is 5.02 Å². The molecule has 0 radical (unpaired) electrons. The molecule has 2 saturated heterocycles. The Balaban J connectivity index is 1.29. The van der Waals surface area contributed by atoms with Crippen LogP contribution in [0.4, 0.5) is 0 Å². The van der Waals surface area contributed by atoms with E-state index in [4.69, 9.17) is 41.1 Å². The first-order chi connectivity index (χ1) is 20.9. The van der Waals surface area contributed by atoms with E-state index < -0.39 is 0 Å². The number of hydrogen-bond donors (Lipinski definition) is 0. The van der Waals surface area contributed by atoms with Crippen molar-refractivity contribution in [1.82, 2.24) is 29.6 Å². The molecule has 43 heavy (non-hydrogen) atoms. The van der Waals surface area contributed by atoms with Crippen molar-refractivity contribution in [2.24, 2.45) is 7.05 Å². The molecule has 2 aromatic carbocycles. The molecule has 0 aliphatic carbocycles. The molecule has 222 valence electrons.